The van der Waals surface area contributed by atoms with Crippen LogP contribution in [0.4, 0.5) is 8.78 Å². The fraction of sp³-hybridized carbons (Fsp3) is 0.294. The fourth-order valence-electron chi connectivity index (χ4n) is 2.57. The zero-order valence-corrected chi connectivity index (χ0v) is 13.4. The van der Waals surface area contributed by atoms with Crippen LogP contribution in [-0.4, -0.2) is 12.6 Å². The Balaban J connectivity index is 2.72. The highest BCUT2D eigenvalue weighted by Crippen LogP contribution is 2.41. The minimum Gasteiger partial charge on any atom is -0.463 e. The molecule has 1 atom stereocenters. The summed E-state index contributed by atoms with van der Waals surface area (Å²) in [6.45, 7) is 4.45. The van der Waals surface area contributed by atoms with Crippen molar-refractivity contribution in [2.24, 2.45) is 5.73 Å². The minimum absolute atomic E-state index is 0.0347. The van der Waals surface area contributed by atoms with E-state index in [9.17, 15) is 18.8 Å². The monoisotopic (exact) mass is 334 g/mol. The summed E-state index contributed by atoms with van der Waals surface area (Å²) in [5.41, 5.74) is 5.29. The van der Waals surface area contributed by atoms with Crippen molar-refractivity contribution < 1.29 is 23.0 Å². The molecule has 126 valence electrons. The molecule has 7 heteroatoms. The Kier molecular flexibility index (Phi) is 4.88. The van der Waals surface area contributed by atoms with Crippen molar-refractivity contribution in [2.45, 2.75) is 26.7 Å². The number of carbonyl (C=O) groups is 1. The Hall–Kier alpha value is -2.88. The van der Waals surface area contributed by atoms with Gasteiger partial charge in [0.25, 0.3) is 0 Å². The number of carbonyl (C=O) groups excluding carboxylic acids is 1. The highest BCUT2D eigenvalue weighted by atomic mass is 19.1. The molecule has 1 aromatic rings. The largest absolute Gasteiger partial charge is 0.463 e. The lowest BCUT2D eigenvalue weighted by Crippen LogP contribution is -2.26. The number of nitriles is 1. The van der Waals surface area contributed by atoms with E-state index in [4.69, 9.17) is 15.2 Å². The first-order chi connectivity index (χ1) is 11.3. The number of benzene rings is 1. The van der Waals surface area contributed by atoms with E-state index in [0.717, 1.165) is 6.07 Å². The van der Waals surface area contributed by atoms with Gasteiger partial charge >= 0.3 is 5.97 Å². The molecule has 1 unspecified atom stereocenters. The average Bonchev–Trinajstić information content (AvgIpc) is 2.52. The molecule has 0 bridgehead atoms. The van der Waals surface area contributed by atoms with Gasteiger partial charge in [-0.15, -0.1) is 0 Å². The van der Waals surface area contributed by atoms with E-state index in [2.05, 4.69) is 0 Å². The number of nitrogens with two attached hydrogens (primary N) is 1. The molecule has 0 aromatic heterocycles. The van der Waals surface area contributed by atoms with Crippen LogP contribution in [0.1, 0.15) is 30.9 Å². The van der Waals surface area contributed by atoms with Gasteiger partial charge in [-0.25, -0.2) is 13.6 Å². The summed E-state index contributed by atoms with van der Waals surface area (Å²) in [6, 6.07) is 4.10. The van der Waals surface area contributed by atoms with Crippen LogP contribution < -0.4 is 5.73 Å². The van der Waals surface area contributed by atoms with Gasteiger partial charge in [-0.1, -0.05) is 6.07 Å². The second-order valence-electron chi connectivity index (χ2n) is 5.19. The Morgan fingerprint density at radius 3 is 2.67 bits per heavy atom. The van der Waals surface area contributed by atoms with Crippen LogP contribution in [0, 0.1) is 29.9 Å². The molecule has 0 fully saturated rings. The van der Waals surface area contributed by atoms with E-state index in [1.54, 1.807) is 6.92 Å². The molecule has 2 N–H and O–H groups in total. The van der Waals surface area contributed by atoms with Gasteiger partial charge in [0.1, 0.15) is 29.0 Å². The first kappa shape index (κ1) is 17.5. The molecular formula is C17H16F2N2O3. The molecule has 1 heterocycles. The van der Waals surface area contributed by atoms with Crippen molar-refractivity contribution in [2.75, 3.05) is 6.61 Å². The third kappa shape index (κ3) is 2.83. The van der Waals surface area contributed by atoms with Crippen LogP contribution in [0.15, 0.2) is 34.9 Å². The lowest BCUT2D eigenvalue weighted by molar-refractivity contribution is -0.139. The Morgan fingerprint density at radius 2 is 2.08 bits per heavy atom. The van der Waals surface area contributed by atoms with Crippen molar-refractivity contribution in [3.63, 3.8) is 0 Å². The van der Waals surface area contributed by atoms with Crippen LogP contribution in [0.5, 0.6) is 0 Å². The number of rotatable bonds is 3. The van der Waals surface area contributed by atoms with Gasteiger partial charge in [0.05, 0.1) is 18.1 Å². The van der Waals surface area contributed by atoms with E-state index in [1.807, 2.05) is 6.07 Å². The van der Waals surface area contributed by atoms with E-state index < -0.39 is 23.5 Å². The first-order valence-electron chi connectivity index (χ1n) is 7.23. The molecule has 0 aliphatic carbocycles. The lowest BCUT2D eigenvalue weighted by atomic mass is 9.82. The van der Waals surface area contributed by atoms with Gasteiger partial charge in [0.2, 0.25) is 5.88 Å². The van der Waals surface area contributed by atoms with E-state index in [0.29, 0.717) is 0 Å². The second kappa shape index (κ2) is 6.71. The van der Waals surface area contributed by atoms with Crippen LogP contribution in [0.2, 0.25) is 0 Å². The molecule has 1 aliphatic rings. The number of esters is 1. The number of nitrogens with zero attached hydrogens (tertiary/aromatic N) is 1. The normalized spacial score (nSPS) is 17.4. The maximum Gasteiger partial charge on any atom is 0.338 e. The standard InChI is InChI=1S/C17H16F2N2O3/c1-4-23-17(22)13-9(3)24-16(21)11(7-20)14(13)10-5-6-12(18)8(2)15(10)19/h5-6,14H,4,21H2,1-3H3. The molecule has 2 rings (SSSR count). The predicted octanol–water partition coefficient (Wildman–Crippen LogP) is 2.92. The maximum atomic E-state index is 14.6. The van der Waals surface area contributed by atoms with Gasteiger partial charge in [-0.05, 0) is 26.8 Å². The molecule has 0 saturated carbocycles. The SMILES string of the molecule is CCOC(=O)C1=C(C)OC(N)=C(C#N)C1c1ccc(F)c(C)c1F. The summed E-state index contributed by atoms with van der Waals surface area (Å²) in [6.07, 6.45) is 0. The molecule has 0 amide bonds. The van der Waals surface area contributed by atoms with E-state index in [1.165, 1.54) is 19.9 Å². The van der Waals surface area contributed by atoms with Crippen LogP contribution in [-0.2, 0) is 14.3 Å². The number of halogens is 2. The van der Waals surface area contributed by atoms with Crippen LogP contribution >= 0.6 is 0 Å². The quantitative estimate of drug-likeness (QED) is 0.859. The number of allylic oxidation sites excluding steroid dienone is 2. The van der Waals surface area contributed by atoms with Crippen LogP contribution in [0.3, 0.4) is 0 Å². The second-order valence-corrected chi connectivity index (χ2v) is 5.19. The van der Waals surface area contributed by atoms with Gasteiger partial charge in [0.15, 0.2) is 0 Å². The predicted molar refractivity (Wildman–Crippen MR) is 81.1 cm³/mol. The molecular weight excluding hydrogens is 318 g/mol. The van der Waals surface area contributed by atoms with Crippen LogP contribution in [0.25, 0.3) is 0 Å². The van der Waals surface area contributed by atoms with Crippen molar-refractivity contribution >= 4 is 5.97 Å². The summed E-state index contributed by atoms with van der Waals surface area (Å²) in [5, 5.41) is 9.38. The average molecular weight is 334 g/mol. The summed E-state index contributed by atoms with van der Waals surface area (Å²) in [4.78, 5) is 12.3. The number of ether oxygens (including phenoxy) is 2. The highest BCUT2D eigenvalue weighted by Gasteiger charge is 2.38. The molecule has 1 aromatic carbocycles. The Bertz CT molecular complexity index is 807. The van der Waals surface area contributed by atoms with Gasteiger partial charge < -0.3 is 15.2 Å². The van der Waals surface area contributed by atoms with Gasteiger partial charge in [-0.3, -0.25) is 0 Å². The third-order valence-electron chi connectivity index (χ3n) is 3.76. The molecule has 0 saturated heterocycles. The third-order valence-corrected chi connectivity index (χ3v) is 3.76. The molecule has 5 nitrogen and oxygen atoms in total. The van der Waals surface area contributed by atoms with Gasteiger partial charge in [-0.2, -0.15) is 5.26 Å². The first-order valence-corrected chi connectivity index (χ1v) is 7.23. The van der Waals surface area contributed by atoms with Crippen molar-refractivity contribution in [1.29, 1.82) is 5.26 Å². The topological polar surface area (TPSA) is 85.3 Å². The Morgan fingerprint density at radius 1 is 1.42 bits per heavy atom. The smallest absolute Gasteiger partial charge is 0.338 e. The zero-order valence-electron chi connectivity index (χ0n) is 13.4. The highest BCUT2D eigenvalue weighted by molar-refractivity contribution is 5.92. The summed E-state index contributed by atoms with van der Waals surface area (Å²) >= 11 is 0. The lowest BCUT2D eigenvalue weighted by Gasteiger charge is -2.27. The molecule has 0 radical (unpaired) electrons. The van der Waals surface area contributed by atoms with Crippen molar-refractivity contribution in [3.8, 4) is 6.07 Å². The molecule has 1 aliphatic heterocycles. The molecule has 0 spiro atoms. The van der Waals surface area contributed by atoms with E-state index in [-0.39, 0.29) is 40.5 Å². The number of hydrogen-bond donors (Lipinski definition) is 1. The van der Waals surface area contributed by atoms with Gasteiger partial charge in [0, 0.05) is 11.1 Å². The van der Waals surface area contributed by atoms with E-state index >= 15 is 0 Å². The minimum atomic E-state index is -1.12. The zero-order chi connectivity index (χ0) is 18.0. The fourth-order valence-corrected chi connectivity index (χ4v) is 2.57. The molecule has 24 heavy (non-hydrogen) atoms. The summed E-state index contributed by atoms with van der Waals surface area (Å²) in [7, 11) is 0. The summed E-state index contributed by atoms with van der Waals surface area (Å²) in [5.74, 6) is -3.57. The maximum absolute atomic E-state index is 14.6. The summed E-state index contributed by atoms with van der Waals surface area (Å²) < 4.78 is 38.4. The Labute approximate surface area is 138 Å². The van der Waals surface area contributed by atoms with Crippen molar-refractivity contribution in [1.82, 2.24) is 0 Å². The number of hydrogen-bond acceptors (Lipinski definition) is 5. The van der Waals surface area contributed by atoms with Crippen molar-refractivity contribution in [3.05, 3.63) is 57.7 Å².